The van der Waals surface area contributed by atoms with Gasteiger partial charge in [-0.3, -0.25) is 9.59 Å². The fraction of sp³-hybridized carbons (Fsp3) is 0. The van der Waals surface area contributed by atoms with E-state index in [4.69, 9.17) is 27.6 Å². The molecule has 0 unspecified atom stereocenters. The summed E-state index contributed by atoms with van der Waals surface area (Å²) < 4.78 is 5.78. The minimum absolute atomic E-state index is 0.0886. The summed E-state index contributed by atoms with van der Waals surface area (Å²) in [4.78, 5) is 32.1. The normalized spacial score (nSPS) is 13.6. The summed E-state index contributed by atoms with van der Waals surface area (Å²) >= 11 is 14.9. The molecule has 4 nitrogen and oxygen atoms in total. The summed E-state index contributed by atoms with van der Waals surface area (Å²) in [5.41, 5.74) is 1.26. The number of allylic oxidation sites excluding steroid dienone is 1. The van der Waals surface area contributed by atoms with E-state index in [-0.39, 0.29) is 38.3 Å². The van der Waals surface area contributed by atoms with Gasteiger partial charge >= 0.3 is 0 Å². The first-order chi connectivity index (χ1) is 13.0. The second-order valence-corrected chi connectivity index (χ2v) is 8.67. The molecule has 0 spiro atoms. The molecule has 0 amide bonds. The van der Waals surface area contributed by atoms with Crippen molar-refractivity contribution in [3.05, 3.63) is 67.3 Å². The van der Waals surface area contributed by atoms with Gasteiger partial charge in [-0.05, 0) is 29.7 Å². The summed E-state index contributed by atoms with van der Waals surface area (Å²) in [6.07, 6.45) is 1.57. The molecule has 1 aliphatic rings. The molecule has 0 radical (unpaired) electrons. The molecule has 4 aromatic rings. The molecule has 0 N–H and O–H groups in total. The van der Waals surface area contributed by atoms with E-state index >= 15 is 0 Å². The van der Waals surface area contributed by atoms with Gasteiger partial charge in [0.2, 0.25) is 5.89 Å². The number of hydrogen-bond donors (Lipinski definition) is 0. The monoisotopic (exact) mass is 431 g/mol. The van der Waals surface area contributed by atoms with Gasteiger partial charge in [0.25, 0.3) is 0 Å². The van der Waals surface area contributed by atoms with Crippen molar-refractivity contribution in [2.45, 2.75) is 0 Å². The van der Waals surface area contributed by atoms with Crippen LogP contribution in [0.25, 0.3) is 27.3 Å². The van der Waals surface area contributed by atoms with Gasteiger partial charge in [0, 0.05) is 22.1 Å². The summed E-state index contributed by atoms with van der Waals surface area (Å²) in [6.45, 7) is 0. The summed E-state index contributed by atoms with van der Waals surface area (Å²) in [5.74, 6) is -0.146. The highest BCUT2D eigenvalue weighted by molar-refractivity contribution is 7.19. The average molecular weight is 432 g/mol. The Morgan fingerprint density at radius 1 is 1.04 bits per heavy atom. The lowest BCUT2D eigenvalue weighted by atomic mass is 10.1. The minimum atomic E-state index is -0.356. The molecule has 0 bridgehead atoms. The third kappa shape index (κ3) is 2.68. The average Bonchev–Trinajstić information content (AvgIpc) is 3.38. The Morgan fingerprint density at radius 2 is 1.74 bits per heavy atom. The van der Waals surface area contributed by atoms with Crippen molar-refractivity contribution in [1.29, 1.82) is 0 Å². The molecule has 3 aromatic heterocycles. The Labute approximate surface area is 170 Å². The quantitative estimate of drug-likeness (QED) is 0.272. The van der Waals surface area contributed by atoms with Crippen molar-refractivity contribution in [3.63, 3.8) is 0 Å². The Bertz CT molecular complexity index is 1210. The van der Waals surface area contributed by atoms with Crippen molar-refractivity contribution in [3.8, 4) is 10.8 Å². The lowest BCUT2D eigenvalue weighted by Gasteiger charge is -1.98. The third-order valence-corrected chi connectivity index (χ3v) is 6.70. The topological polar surface area (TPSA) is 60.2 Å². The highest BCUT2D eigenvalue weighted by Gasteiger charge is 2.34. The number of thiophene rings is 2. The molecule has 3 heterocycles. The summed E-state index contributed by atoms with van der Waals surface area (Å²) in [6, 6.07) is 8.53. The standard InChI is InChI=1S/C19H7Cl2NO3S2/c20-12-6-9-10(7-13(12)21)17(24)11(16(9)23)4-8-5-14-19(27-8)22-18(25-14)15-2-1-3-26-15/h1-7H. The van der Waals surface area contributed by atoms with Crippen LogP contribution in [0.15, 0.2) is 45.7 Å². The van der Waals surface area contributed by atoms with Crippen molar-refractivity contribution in [1.82, 2.24) is 4.98 Å². The number of ketones is 2. The minimum Gasteiger partial charge on any atom is -0.434 e. The maximum absolute atomic E-state index is 12.6. The van der Waals surface area contributed by atoms with Gasteiger partial charge in [0.1, 0.15) is 0 Å². The molecule has 8 heteroatoms. The number of hydrogen-bond acceptors (Lipinski definition) is 6. The number of fused-ring (bicyclic) bond motifs is 2. The van der Waals surface area contributed by atoms with Crippen LogP contribution in [0.1, 0.15) is 25.6 Å². The molecule has 1 aliphatic carbocycles. The van der Waals surface area contributed by atoms with Gasteiger partial charge in [-0.2, -0.15) is 4.98 Å². The van der Waals surface area contributed by atoms with Gasteiger partial charge in [0.05, 0.1) is 20.5 Å². The Hall–Kier alpha value is -2.25. The number of benzene rings is 1. The Kier molecular flexibility index (Phi) is 3.84. The van der Waals surface area contributed by atoms with Crippen LogP contribution < -0.4 is 0 Å². The van der Waals surface area contributed by atoms with E-state index in [1.165, 1.54) is 23.5 Å². The Balaban J connectivity index is 1.54. The fourth-order valence-electron chi connectivity index (χ4n) is 2.92. The van der Waals surface area contributed by atoms with Gasteiger partial charge in [0.15, 0.2) is 22.0 Å². The van der Waals surface area contributed by atoms with Crippen LogP contribution in [-0.4, -0.2) is 16.6 Å². The second kappa shape index (κ2) is 6.14. The smallest absolute Gasteiger partial charge is 0.238 e. The van der Waals surface area contributed by atoms with Crippen molar-refractivity contribution >= 4 is 73.9 Å². The van der Waals surface area contributed by atoms with Gasteiger partial charge in [-0.15, -0.1) is 22.7 Å². The summed E-state index contributed by atoms with van der Waals surface area (Å²) in [5, 5.41) is 2.45. The molecule has 0 aliphatic heterocycles. The van der Waals surface area contributed by atoms with Crippen molar-refractivity contribution in [2.75, 3.05) is 0 Å². The van der Waals surface area contributed by atoms with Crippen LogP contribution >= 0.6 is 45.9 Å². The number of carbonyl (C=O) groups is 2. The predicted octanol–water partition coefficient (Wildman–Crippen LogP) is 6.39. The van der Waals surface area contributed by atoms with Crippen LogP contribution in [0.2, 0.25) is 10.0 Å². The second-order valence-electron chi connectivity index (χ2n) is 5.84. The number of halogens is 2. The van der Waals surface area contributed by atoms with Crippen LogP contribution in [0.4, 0.5) is 0 Å². The van der Waals surface area contributed by atoms with E-state index < -0.39 is 0 Å². The van der Waals surface area contributed by atoms with E-state index in [1.807, 2.05) is 17.5 Å². The molecular formula is C19H7Cl2NO3S2. The predicted molar refractivity (Wildman–Crippen MR) is 108 cm³/mol. The number of carbonyl (C=O) groups excluding carboxylic acids is 2. The van der Waals surface area contributed by atoms with Crippen LogP contribution in [0.5, 0.6) is 0 Å². The van der Waals surface area contributed by atoms with E-state index in [9.17, 15) is 9.59 Å². The largest absolute Gasteiger partial charge is 0.434 e. The lowest BCUT2D eigenvalue weighted by molar-refractivity contribution is 0.0990. The van der Waals surface area contributed by atoms with Crippen LogP contribution in [0.3, 0.4) is 0 Å². The maximum atomic E-state index is 12.6. The number of nitrogens with zero attached hydrogens (tertiary/aromatic N) is 1. The van der Waals surface area contributed by atoms with E-state index in [0.717, 1.165) is 9.75 Å². The molecule has 0 saturated carbocycles. The van der Waals surface area contributed by atoms with Crippen molar-refractivity contribution in [2.24, 2.45) is 0 Å². The van der Waals surface area contributed by atoms with Gasteiger partial charge in [-0.1, -0.05) is 29.3 Å². The molecule has 0 saturated heterocycles. The zero-order valence-corrected chi connectivity index (χ0v) is 16.4. The first-order valence-electron chi connectivity index (χ1n) is 7.75. The van der Waals surface area contributed by atoms with Gasteiger partial charge in [-0.25, -0.2) is 0 Å². The molecule has 27 heavy (non-hydrogen) atoms. The summed E-state index contributed by atoms with van der Waals surface area (Å²) in [7, 11) is 0. The molecule has 1 aromatic carbocycles. The van der Waals surface area contributed by atoms with E-state index in [1.54, 1.807) is 23.5 Å². The number of Topliss-reactive ketones (excluding diaryl/α,β-unsaturated/α-hetero) is 2. The molecule has 132 valence electrons. The van der Waals surface area contributed by atoms with Gasteiger partial charge < -0.3 is 4.42 Å². The zero-order chi connectivity index (χ0) is 18.7. The first-order valence-corrected chi connectivity index (χ1v) is 10.2. The third-order valence-electron chi connectivity index (χ3n) is 4.17. The highest BCUT2D eigenvalue weighted by Crippen LogP contribution is 2.37. The molecule has 0 atom stereocenters. The molecule has 5 rings (SSSR count). The highest BCUT2D eigenvalue weighted by atomic mass is 35.5. The fourth-order valence-corrected chi connectivity index (χ4v) is 4.79. The molecular weight excluding hydrogens is 425 g/mol. The van der Waals surface area contributed by atoms with E-state index in [2.05, 4.69) is 4.98 Å². The van der Waals surface area contributed by atoms with E-state index in [0.29, 0.717) is 16.3 Å². The number of rotatable bonds is 2. The first kappa shape index (κ1) is 16.9. The van der Waals surface area contributed by atoms with Crippen LogP contribution in [-0.2, 0) is 0 Å². The Morgan fingerprint density at radius 3 is 2.33 bits per heavy atom. The maximum Gasteiger partial charge on any atom is 0.238 e. The zero-order valence-electron chi connectivity index (χ0n) is 13.3. The lowest BCUT2D eigenvalue weighted by Crippen LogP contribution is -1.99. The number of aromatic nitrogens is 1. The van der Waals surface area contributed by atoms with Crippen LogP contribution in [0, 0.1) is 0 Å². The number of oxazole rings is 1. The van der Waals surface area contributed by atoms with Crippen molar-refractivity contribution < 1.29 is 14.0 Å². The SMILES string of the molecule is O=C1C(=Cc2cc3oc(-c4cccs4)nc3s2)C(=O)c2cc(Cl)c(Cl)cc21. The molecule has 0 fully saturated rings.